The fourth-order valence-electron chi connectivity index (χ4n) is 1.92. The van der Waals surface area contributed by atoms with Crippen molar-refractivity contribution < 1.29 is 0 Å². The minimum absolute atomic E-state index is 0.215. The van der Waals surface area contributed by atoms with Gasteiger partial charge in [0, 0.05) is 0 Å². The van der Waals surface area contributed by atoms with Crippen LogP contribution in [0.5, 0.6) is 0 Å². The number of hydrogen-bond acceptors (Lipinski definition) is 0. The first kappa shape index (κ1) is 11.0. The lowest BCUT2D eigenvalue weighted by atomic mass is 9.74. The van der Waals surface area contributed by atoms with E-state index < -0.39 is 0 Å². The molecule has 0 heterocycles. The first-order chi connectivity index (χ1) is 4.77. The fourth-order valence-corrected chi connectivity index (χ4v) is 1.92. The molecule has 0 bridgehead atoms. The summed E-state index contributed by atoms with van der Waals surface area (Å²) in [5.74, 6) is 0. The second-order valence-electron chi connectivity index (χ2n) is 5.12. The summed E-state index contributed by atoms with van der Waals surface area (Å²) < 4.78 is 0. The van der Waals surface area contributed by atoms with Crippen LogP contribution in [0.1, 0.15) is 47.5 Å². The zero-order chi connectivity index (χ0) is 9.12. The molecule has 0 saturated carbocycles. The molecule has 0 N–H and O–H groups in total. The van der Waals surface area contributed by atoms with Crippen LogP contribution in [0.4, 0.5) is 0 Å². The van der Waals surface area contributed by atoms with Crippen LogP contribution in [0, 0.1) is 24.2 Å². The van der Waals surface area contributed by atoms with E-state index in [1.165, 1.54) is 12.8 Å². The largest absolute Gasteiger partial charge is 0.0622 e. The van der Waals surface area contributed by atoms with E-state index >= 15 is 0 Å². The van der Waals surface area contributed by atoms with Crippen molar-refractivity contribution in [3.05, 3.63) is 13.3 Å². The van der Waals surface area contributed by atoms with Gasteiger partial charge in [-0.3, -0.25) is 0 Å². The van der Waals surface area contributed by atoms with Crippen molar-refractivity contribution in [3.63, 3.8) is 0 Å². The van der Waals surface area contributed by atoms with Gasteiger partial charge in [0.2, 0.25) is 0 Å². The average molecular weight is 154 g/mol. The van der Waals surface area contributed by atoms with E-state index in [4.69, 9.17) is 0 Å². The molecule has 0 unspecified atom stereocenters. The maximum Gasteiger partial charge on any atom is -0.0347 e. The van der Waals surface area contributed by atoms with Crippen molar-refractivity contribution in [1.82, 2.24) is 0 Å². The van der Waals surface area contributed by atoms with Crippen LogP contribution in [0.2, 0.25) is 0 Å². The topological polar surface area (TPSA) is 0 Å². The van der Waals surface area contributed by atoms with E-state index in [9.17, 15) is 0 Å². The predicted octanol–water partition coefficient (Wildman–Crippen LogP) is 3.88. The third kappa shape index (κ3) is 6.40. The van der Waals surface area contributed by atoms with E-state index in [1.54, 1.807) is 0 Å². The van der Waals surface area contributed by atoms with E-state index in [0.717, 1.165) is 0 Å². The van der Waals surface area contributed by atoms with Gasteiger partial charge < -0.3 is 0 Å². The third-order valence-corrected chi connectivity index (χ3v) is 1.71. The zero-order valence-electron chi connectivity index (χ0n) is 8.70. The highest BCUT2D eigenvalue weighted by Gasteiger charge is 2.24. The molecule has 66 valence electrons. The van der Waals surface area contributed by atoms with Crippen LogP contribution in [0.25, 0.3) is 0 Å². The fraction of sp³-hybridized carbons (Fsp3) is 0.818. The summed E-state index contributed by atoms with van der Waals surface area (Å²) >= 11 is 0. The molecule has 0 atom stereocenters. The molecule has 0 aromatic rings. The molecular formula is C11H22. The molecule has 0 aliphatic rings. The van der Waals surface area contributed by atoms with Gasteiger partial charge in [-0.25, -0.2) is 0 Å². The molecule has 11 heavy (non-hydrogen) atoms. The minimum atomic E-state index is 0.215. The van der Waals surface area contributed by atoms with Crippen molar-refractivity contribution >= 4 is 0 Å². The summed E-state index contributed by atoms with van der Waals surface area (Å²) in [6.07, 6.45) is 4.61. The highest BCUT2D eigenvalue weighted by Crippen LogP contribution is 2.35. The van der Waals surface area contributed by atoms with Gasteiger partial charge in [-0.2, -0.15) is 0 Å². The Labute approximate surface area is 72.4 Å². The summed E-state index contributed by atoms with van der Waals surface area (Å²) in [5, 5.41) is 0. The molecule has 0 aromatic heterocycles. The second-order valence-corrected chi connectivity index (χ2v) is 5.12. The second kappa shape index (κ2) is 3.60. The summed E-state index contributed by atoms with van der Waals surface area (Å²) in [5.41, 5.74) is 0.631. The molecular weight excluding hydrogens is 132 g/mol. The predicted molar refractivity (Wildman–Crippen MR) is 52.1 cm³/mol. The first-order valence-electron chi connectivity index (χ1n) is 4.40. The standard InChI is InChI=1S/C11H22/c1-7-8-11(5,6)9-10(2,3)4/h7H,2,8-9H2,1,3-6H3. The smallest absolute Gasteiger partial charge is 0.0347 e. The molecule has 0 aliphatic heterocycles. The molecule has 0 aliphatic carbocycles. The Bertz CT molecular complexity index is 104. The lowest BCUT2D eigenvalue weighted by Crippen LogP contribution is -2.20. The van der Waals surface area contributed by atoms with Gasteiger partial charge in [0.05, 0.1) is 0 Å². The summed E-state index contributed by atoms with van der Waals surface area (Å²) in [7, 11) is 0. The Kier molecular flexibility index (Phi) is 3.60. The molecule has 0 aromatic carbocycles. The van der Waals surface area contributed by atoms with Crippen LogP contribution in [-0.2, 0) is 0 Å². The Morgan fingerprint density at radius 1 is 1.18 bits per heavy atom. The van der Waals surface area contributed by atoms with Crippen molar-refractivity contribution in [2.45, 2.75) is 47.5 Å². The van der Waals surface area contributed by atoms with Gasteiger partial charge >= 0.3 is 0 Å². The van der Waals surface area contributed by atoms with Crippen LogP contribution < -0.4 is 0 Å². The quantitative estimate of drug-likeness (QED) is 0.576. The van der Waals surface area contributed by atoms with Crippen molar-refractivity contribution in [2.75, 3.05) is 0 Å². The van der Waals surface area contributed by atoms with Crippen LogP contribution >= 0.6 is 0 Å². The van der Waals surface area contributed by atoms with E-state index in [0.29, 0.717) is 5.41 Å². The van der Waals surface area contributed by atoms with Crippen LogP contribution in [-0.4, -0.2) is 0 Å². The van der Waals surface area contributed by atoms with E-state index in [2.05, 4.69) is 48.0 Å². The SMILES string of the molecule is [CH2]C(C)(C)CC(C)(C)C[CH]C. The van der Waals surface area contributed by atoms with Gasteiger partial charge in [-0.1, -0.05) is 34.6 Å². The third-order valence-electron chi connectivity index (χ3n) is 1.71. The van der Waals surface area contributed by atoms with E-state index in [1.807, 2.05) is 0 Å². The Hall–Kier alpha value is 0. The monoisotopic (exact) mass is 154 g/mol. The van der Waals surface area contributed by atoms with Crippen molar-refractivity contribution in [1.29, 1.82) is 0 Å². The van der Waals surface area contributed by atoms with Gasteiger partial charge in [-0.15, -0.1) is 0 Å². The average Bonchev–Trinajstić information content (AvgIpc) is 1.55. The van der Waals surface area contributed by atoms with E-state index in [-0.39, 0.29) is 5.41 Å². The molecule has 2 radical (unpaired) electrons. The summed E-state index contributed by atoms with van der Waals surface area (Å²) in [6.45, 7) is 15.3. The number of hydrogen-bond donors (Lipinski definition) is 0. The maximum atomic E-state index is 4.12. The summed E-state index contributed by atoms with van der Waals surface area (Å²) in [6, 6.07) is 0. The maximum absolute atomic E-state index is 4.12. The van der Waals surface area contributed by atoms with Gasteiger partial charge in [0.25, 0.3) is 0 Å². The molecule has 0 rings (SSSR count). The van der Waals surface area contributed by atoms with Crippen molar-refractivity contribution in [2.24, 2.45) is 10.8 Å². The Balaban J connectivity index is 3.91. The molecule has 0 amide bonds. The zero-order valence-corrected chi connectivity index (χ0v) is 8.70. The Morgan fingerprint density at radius 3 is 1.91 bits per heavy atom. The van der Waals surface area contributed by atoms with Gasteiger partial charge in [0.1, 0.15) is 0 Å². The van der Waals surface area contributed by atoms with Crippen LogP contribution in [0.3, 0.4) is 0 Å². The molecule has 0 nitrogen and oxygen atoms in total. The first-order valence-corrected chi connectivity index (χ1v) is 4.40. The van der Waals surface area contributed by atoms with Crippen LogP contribution in [0.15, 0.2) is 0 Å². The Morgan fingerprint density at radius 2 is 1.64 bits per heavy atom. The lowest BCUT2D eigenvalue weighted by molar-refractivity contribution is 0.232. The molecule has 0 fully saturated rings. The molecule has 0 heteroatoms. The van der Waals surface area contributed by atoms with Gasteiger partial charge in [0.15, 0.2) is 0 Å². The normalized spacial score (nSPS) is 13.6. The molecule has 0 spiro atoms. The molecule has 0 saturated heterocycles. The minimum Gasteiger partial charge on any atom is -0.0622 e. The van der Waals surface area contributed by atoms with Crippen molar-refractivity contribution in [3.8, 4) is 0 Å². The lowest BCUT2D eigenvalue weighted by Gasteiger charge is -2.31. The highest BCUT2D eigenvalue weighted by atomic mass is 14.3. The van der Waals surface area contributed by atoms with Gasteiger partial charge in [-0.05, 0) is 37.0 Å². The number of rotatable bonds is 4. The summed E-state index contributed by atoms with van der Waals surface area (Å²) in [4.78, 5) is 0. The highest BCUT2D eigenvalue weighted by molar-refractivity contribution is 4.83.